The third-order valence-electron chi connectivity index (χ3n) is 6.23. The Morgan fingerprint density at radius 2 is 1.76 bits per heavy atom. The average Bonchev–Trinajstić information content (AvgIpc) is 3.45. The number of carbonyl (C=O) groups excluding carboxylic acids is 2. The Hall–Kier alpha value is -3.04. The van der Waals surface area contributed by atoms with E-state index in [1.807, 2.05) is 36.4 Å². The van der Waals surface area contributed by atoms with Gasteiger partial charge in [-0.1, -0.05) is 48.5 Å². The molecule has 2 N–H and O–H groups in total. The molecular formula is C25H28N2O6S. The van der Waals surface area contributed by atoms with Crippen LogP contribution in [-0.2, 0) is 19.1 Å². The van der Waals surface area contributed by atoms with E-state index in [9.17, 15) is 19.5 Å². The van der Waals surface area contributed by atoms with Crippen molar-refractivity contribution in [2.75, 3.05) is 32.0 Å². The summed E-state index contributed by atoms with van der Waals surface area (Å²) < 4.78 is 10.7. The van der Waals surface area contributed by atoms with Crippen LogP contribution in [0.4, 0.5) is 4.79 Å². The molecule has 2 aromatic carbocycles. The van der Waals surface area contributed by atoms with Crippen LogP contribution in [0.2, 0.25) is 0 Å². The summed E-state index contributed by atoms with van der Waals surface area (Å²) in [7, 11) is 1.56. The number of ether oxygens (including phenoxy) is 2. The van der Waals surface area contributed by atoms with Gasteiger partial charge >= 0.3 is 12.1 Å². The zero-order chi connectivity index (χ0) is 24.1. The molecule has 180 valence electrons. The summed E-state index contributed by atoms with van der Waals surface area (Å²) in [6.07, 6.45) is 0.163. The van der Waals surface area contributed by atoms with Crippen LogP contribution in [0.1, 0.15) is 29.9 Å². The fourth-order valence-corrected chi connectivity index (χ4v) is 5.69. The van der Waals surface area contributed by atoms with Gasteiger partial charge in [0.15, 0.2) is 0 Å². The summed E-state index contributed by atoms with van der Waals surface area (Å²) in [5, 5.41) is 12.1. The summed E-state index contributed by atoms with van der Waals surface area (Å²) in [5.74, 6) is -0.941. The van der Waals surface area contributed by atoms with Crippen LogP contribution in [0.5, 0.6) is 0 Å². The van der Waals surface area contributed by atoms with Crippen molar-refractivity contribution in [1.82, 2.24) is 10.2 Å². The fourth-order valence-electron chi connectivity index (χ4n) is 4.54. The summed E-state index contributed by atoms with van der Waals surface area (Å²) >= 11 is 1.38. The van der Waals surface area contributed by atoms with E-state index in [0.717, 1.165) is 22.3 Å². The van der Waals surface area contributed by atoms with Gasteiger partial charge in [-0.05, 0) is 35.1 Å². The third kappa shape index (κ3) is 5.05. The van der Waals surface area contributed by atoms with Crippen LogP contribution >= 0.6 is 11.8 Å². The molecule has 2 aromatic rings. The first-order chi connectivity index (χ1) is 16.5. The van der Waals surface area contributed by atoms with Crippen molar-refractivity contribution in [3.8, 4) is 11.1 Å². The Morgan fingerprint density at radius 3 is 2.38 bits per heavy atom. The minimum atomic E-state index is -1.05. The first-order valence-electron chi connectivity index (χ1n) is 11.2. The van der Waals surface area contributed by atoms with Gasteiger partial charge in [0.1, 0.15) is 18.7 Å². The lowest BCUT2D eigenvalue weighted by Gasteiger charge is -2.26. The number of carboxylic acids is 1. The Bertz CT molecular complexity index is 1020. The third-order valence-corrected chi connectivity index (χ3v) is 7.24. The van der Waals surface area contributed by atoms with Crippen molar-refractivity contribution in [3.05, 3.63) is 59.7 Å². The van der Waals surface area contributed by atoms with Gasteiger partial charge in [-0.3, -0.25) is 4.79 Å². The van der Waals surface area contributed by atoms with Crippen molar-refractivity contribution in [2.24, 2.45) is 0 Å². The molecule has 1 aliphatic heterocycles. The molecule has 8 nitrogen and oxygen atoms in total. The average molecular weight is 485 g/mol. The molecule has 2 amide bonds. The Kier molecular flexibility index (Phi) is 7.74. The highest BCUT2D eigenvalue weighted by atomic mass is 32.2. The molecule has 0 spiro atoms. The van der Waals surface area contributed by atoms with E-state index in [1.54, 1.807) is 7.11 Å². The molecule has 1 heterocycles. The van der Waals surface area contributed by atoms with Gasteiger partial charge in [-0.25, -0.2) is 9.59 Å². The molecule has 1 fully saturated rings. The molecule has 0 saturated carbocycles. The van der Waals surface area contributed by atoms with Gasteiger partial charge in [-0.2, -0.15) is 0 Å². The Balaban J connectivity index is 1.43. The molecular weight excluding hydrogens is 456 g/mol. The lowest BCUT2D eigenvalue weighted by molar-refractivity contribution is -0.148. The summed E-state index contributed by atoms with van der Waals surface area (Å²) in [6.45, 7) is 0.559. The number of benzene rings is 2. The van der Waals surface area contributed by atoms with E-state index in [1.165, 1.54) is 16.7 Å². The summed E-state index contributed by atoms with van der Waals surface area (Å²) in [4.78, 5) is 38.7. The van der Waals surface area contributed by atoms with Crippen LogP contribution in [-0.4, -0.2) is 72.0 Å². The van der Waals surface area contributed by atoms with E-state index in [2.05, 4.69) is 17.4 Å². The minimum Gasteiger partial charge on any atom is -0.480 e. The minimum absolute atomic E-state index is 0.0906. The maximum Gasteiger partial charge on any atom is 0.407 e. The molecule has 0 bridgehead atoms. The summed E-state index contributed by atoms with van der Waals surface area (Å²) in [5.41, 5.74) is 4.46. The predicted octanol–water partition coefficient (Wildman–Crippen LogP) is 3.31. The largest absolute Gasteiger partial charge is 0.480 e. The van der Waals surface area contributed by atoms with E-state index in [-0.39, 0.29) is 18.4 Å². The topological polar surface area (TPSA) is 105 Å². The van der Waals surface area contributed by atoms with E-state index in [4.69, 9.17) is 9.47 Å². The number of rotatable bonds is 9. The number of nitrogens with zero attached hydrogens (tertiary/aromatic N) is 1. The standard InChI is InChI=1S/C25H28N2O6S/c1-32-12-6-11-21(23(28)27-15-34-14-22(27)24(29)30)26-25(31)33-13-20-18-9-4-2-7-16(18)17-8-3-5-10-19(17)20/h2-5,7-10,20-22H,6,11-15H2,1H3,(H,26,31)(H,29,30). The number of fused-ring (bicyclic) bond motifs is 3. The predicted molar refractivity (Wildman–Crippen MR) is 129 cm³/mol. The maximum atomic E-state index is 13.1. The fraction of sp³-hybridized carbons (Fsp3) is 0.400. The van der Waals surface area contributed by atoms with E-state index >= 15 is 0 Å². The number of aliphatic carboxylic acids is 1. The van der Waals surface area contributed by atoms with Crippen LogP contribution in [0.25, 0.3) is 11.1 Å². The normalized spacial score (nSPS) is 17.7. The highest BCUT2D eigenvalue weighted by Gasteiger charge is 2.38. The van der Waals surface area contributed by atoms with Gasteiger partial charge in [0.05, 0.1) is 5.88 Å². The SMILES string of the molecule is COCCCC(NC(=O)OCC1c2ccccc2-c2ccccc21)C(=O)N1CSCC1C(=O)O. The molecule has 0 aromatic heterocycles. The molecule has 9 heteroatoms. The quantitative estimate of drug-likeness (QED) is 0.526. The van der Waals surface area contributed by atoms with Crippen LogP contribution in [0.15, 0.2) is 48.5 Å². The van der Waals surface area contributed by atoms with Gasteiger partial charge in [0.2, 0.25) is 5.91 Å². The zero-order valence-electron chi connectivity index (χ0n) is 18.9. The molecule has 2 aliphatic rings. The second-order valence-corrected chi connectivity index (χ2v) is 9.32. The molecule has 2 unspecified atom stereocenters. The highest BCUT2D eigenvalue weighted by molar-refractivity contribution is 7.99. The monoisotopic (exact) mass is 484 g/mol. The second-order valence-electron chi connectivity index (χ2n) is 8.32. The molecule has 4 rings (SSSR count). The van der Waals surface area contributed by atoms with Crippen molar-refractivity contribution in [1.29, 1.82) is 0 Å². The van der Waals surface area contributed by atoms with E-state index < -0.39 is 30.1 Å². The number of hydrogen-bond acceptors (Lipinski definition) is 6. The van der Waals surface area contributed by atoms with Gasteiger partial charge in [0, 0.05) is 25.4 Å². The first-order valence-corrected chi connectivity index (χ1v) is 12.4. The number of methoxy groups -OCH3 is 1. The first kappa shape index (κ1) is 24.1. The van der Waals surface area contributed by atoms with Crippen LogP contribution < -0.4 is 5.32 Å². The lowest BCUT2D eigenvalue weighted by Crippen LogP contribution is -2.52. The van der Waals surface area contributed by atoms with Crippen molar-refractivity contribution in [3.63, 3.8) is 0 Å². The number of hydrogen-bond donors (Lipinski definition) is 2. The van der Waals surface area contributed by atoms with E-state index in [0.29, 0.717) is 25.2 Å². The van der Waals surface area contributed by atoms with Gasteiger partial charge in [0.25, 0.3) is 0 Å². The number of amides is 2. The molecule has 2 atom stereocenters. The van der Waals surface area contributed by atoms with Crippen molar-refractivity contribution in [2.45, 2.75) is 30.8 Å². The number of carbonyl (C=O) groups is 3. The van der Waals surface area contributed by atoms with Crippen molar-refractivity contribution < 1.29 is 29.0 Å². The van der Waals surface area contributed by atoms with Crippen LogP contribution in [0, 0.1) is 0 Å². The maximum absolute atomic E-state index is 13.1. The molecule has 1 aliphatic carbocycles. The number of alkyl carbamates (subject to hydrolysis) is 1. The number of thioether (sulfide) groups is 1. The Labute approximate surface area is 202 Å². The lowest BCUT2D eigenvalue weighted by atomic mass is 9.98. The molecule has 34 heavy (non-hydrogen) atoms. The van der Waals surface area contributed by atoms with Crippen molar-refractivity contribution >= 4 is 29.7 Å². The van der Waals surface area contributed by atoms with Gasteiger partial charge in [-0.15, -0.1) is 11.8 Å². The highest BCUT2D eigenvalue weighted by Crippen LogP contribution is 2.44. The number of carboxylic acid groups (broad SMARTS) is 1. The number of nitrogens with one attached hydrogen (secondary N) is 1. The zero-order valence-corrected chi connectivity index (χ0v) is 19.8. The Morgan fingerprint density at radius 1 is 1.12 bits per heavy atom. The van der Waals surface area contributed by atoms with Gasteiger partial charge < -0.3 is 24.8 Å². The molecule has 1 saturated heterocycles. The van der Waals surface area contributed by atoms with Crippen LogP contribution in [0.3, 0.4) is 0 Å². The second kappa shape index (κ2) is 10.9. The smallest absolute Gasteiger partial charge is 0.407 e. The summed E-state index contributed by atoms with van der Waals surface area (Å²) in [6, 6.07) is 14.3. The molecule has 0 radical (unpaired) electrons.